The SMILES string of the molecule is O=C1Cc2ccc(-c3cc(NC(=O)c4cc(F)cc(C(F)(F)F)c4)c4c(c3)C(=O)NC4c3cc(F)ccc3Cl)cc2N1. The van der Waals surface area contributed by atoms with Crippen molar-refractivity contribution in [1.29, 1.82) is 0 Å². The lowest BCUT2D eigenvalue weighted by atomic mass is 9.92. The van der Waals surface area contributed by atoms with E-state index in [1.165, 1.54) is 18.2 Å². The summed E-state index contributed by atoms with van der Waals surface area (Å²) in [6, 6.07) is 12.1. The molecule has 4 aromatic carbocycles. The first kappa shape index (κ1) is 27.4. The van der Waals surface area contributed by atoms with Gasteiger partial charge in [0.1, 0.15) is 11.6 Å². The van der Waals surface area contributed by atoms with Gasteiger partial charge in [-0.15, -0.1) is 0 Å². The number of fused-ring (bicyclic) bond motifs is 2. The predicted molar refractivity (Wildman–Crippen MR) is 144 cm³/mol. The van der Waals surface area contributed by atoms with Gasteiger partial charge in [-0.2, -0.15) is 13.2 Å². The van der Waals surface area contributed by atoms with E-state index in [0.717, 1.165) is 17.7 Å². The Bertz CT molecular complexity index is 1840. The molecule has 0 saturated carbocycles. The smallest absolute Gasteiger partial charge is 0.341 e. The topological polar surface area (TPSA) is 87.3 Å². The lowest BCUT2D eigenvalue weighted by Gasteiger charge is -2.19. The molecule has 0 saturated heterocycles. The highest BCUT2D eigenvalue weighted by atomic mass is 35.5. The monoisotopic (exact) mass is 597 g/mol. The van der Waals surface area contributed by atoms with Crippen LogP contribution in [0.2, 0.25) is 5.02 Å². The Morgan fingerprint density at radius 2 is 1.69 bits per heavy atom. The Balaban J connectivity index is 1.49. The van der Waals surface area contributed by atoms with Crippen molar-refractivity contribution in [2.24, 2.45) is 0 Å². The summed E-state index contributed by atoms with van der Waals surface area (Å²) in [6.45, 7) is 0. The highest BCUT2D eigenvalue weighted by Crippen LogP contribution is 2.42. The maximum Gasteiger partial charge on any atom is 0.416 e. The van der Waals surface area contributed by atoms with E-state index in [2.05, 4.69) is 16.0 Å². The molecule has 4 aromatic rings. The van der Waals surface area contributed by atoms with Crippen LogP contribution in [0.5, 0.6) is 0 Å². The zero-order valence-electron chi connectivity index (χ0n) is 21.1. The van der Waals surface area contributed by atoms with Gasteiger partial charge in [-0.1, -0.05) is 23.7 Å². The van der Waals surface area contributed by atoms with E-state index in [1.807, 2.05) is 0 Å². The second-order valence-electron chi connectivity index (χ2n) is 9.83. The normalized spacial score (nSPS) is 15.6. The third-order valence-electron chi connectivity index (χ3n) is 7.06. The second kappa shape index (κ2) is 9.95. The van der Waals surface area contributed by atoms with Crippen LogP contribution in [0.3, 0.4) is 0 Å². The zero-order chi connectivity index (χ0) is 29.9. The van der Waals surface area contributed by atoms with Gasteiger partial charge in [0.15, 0.2) is 0 Å². The maximum absolute atomic E-state index is 14.2. The van der Waals surface area contributed by atoms with Crippen molar-refractivity contribution in [1.82, 2.24) is 5.32 Å². The average molecular weight is 598 g/mol. The molecule has 2 aliphatic rings. The predicted octanol–water partition coefficient (Wildman–Crippen LogP) is 6.88. The molecule has 0 spiro atoms. The minimum atomic E-state index is -4.91. The standard InChI is InChI=1S/C30H17ClF5N3O3/c31-22-4-3-18(32)12-20(22)27-26-21(29(42)39-27)7-15(13-1-2-14-10-25(40)37-23(14)8-13)9-24(26)38-28(41)16-5-17(30(34,35)36)11-19(33)6-16/h1-9,11-12,27H,10H2,(H,37,40)(H,38,41)(H,39,42). The number of carbonyl (C=O) groups excluding carboxylic acids is 3. The Hall–Kier alpha value is -4.77. The molecule has 6 rings (SSSR count). The van der Waals surface area contributed by atoms with Crippen molar-refractivity contribution in [3.05, 3.63) is 117 Å². The van der Waals surface area contributed by atoms with E-state index < -0.39 is 46.8 Å². The minimum absolute atomic E-state index is 0.00136. The van der Waals surface area contributed by atoms with Gasteiger partial charge >= 0.3 is 6.18 Å². The number of hydrogen-bond donors (Lipinski definition) is 3. The number of hydrogen-bond acceptors (Lipinski definition) is 3. The molecular formula is C30H17ClF5N3O3. The van der Waals surface area contributed by atoms with Crippen molar-refractivity contribution >= 4 is 40.7 Å². The van der Waals surface area contributed by atoms with Gasteiger partial charge in [0.2, 0.25) is 5.91 Å². The number of alkyl halides is 3. The number of nitrogens with one attached hydrogen (secondary N) is 3. The summed E-state index contributed by atoms with van der Waals surface area (Å²) in [5, 5.41) is 8.08. The quantitative estimate of drug-likeness (QED) is 0.224. The molecule has 0 aromatic heterocycles. The number of rotatable bonds is 4. The van der Waals surface area contributed by atoms with E-state index in [9.17, 15) is 36.3 Å². The fourth-order valence-electron chi connectivity index (χ4n) is 5.15. The molecule has 0 fully saturated rings. The van der Waals surface area contributed by atoms with Crippen LogP contribution in [0.4, 0.5) is 33.3 Å². The molecule has 6 nitrogen and oxygen atoms in total. The van der Waals surface area contributed by atoms with Crippen LogP contribution in [0.25, 0.3) is 11.1 Å². The Morgan fingerprint density at radius 3 is 2.45 bits per heavy atom. The van der Waals surface area contributed by atoms with Crippen LogP contribution < -0.4 is 16.0 Å². The van der Waals surface area contributed by atoms with Gasteiger partial charge in [0, 0.05) is 38.7 Å². The molecule has 0 bridgehead atoms. The van der Waals surface area contributed by atoms with E-state index in [1.54, 1.807) is 18.2 Å². The van der Waals surface area contributed by atoms with Crippen LogP contribution in [0, 0.1) is 11.6 Å². The van der Waals surface area contributed by atoms with E-state index >= 15 is 0 Å². The molecule has 3 amide bonds. The van der Waals surface area contributed by atoms with Crippen molar-refractivity contribution in [3.63, 3.8) is 0 Å². The first-order valence-corrected chi connectivity index (χ1v) is 12.8. The van der Waals surface area contributed by atoms with Crippen molar-refractivity contribution in [2.75, 3.05) is 10.6 Å². The minimum Gasteiger partial charge on any atom is -0.341 e. The molecule has 42 heavy (non-hydrogen) atoms. The number of carbonyl (C=O) groups is 3. The molecule has 2 aliphatic heterocycles. The summed E-state index contributed by atoms with van der Waals surface area (Å²) >= 11 is 6.33. The lowest BCUT2D eigenvalue weighted by molar-refractivity contribution is -0.137. The molecule has 212 valence electrons. The molecule has 0 radical (unpaired) electrons. The molecule has 3 N–H and O–H groups in total. The summed E-state index contributed by atoms with van der Waals surface area (Å²) in [5.74, 6) is -3.75. The largest absolute Gasteiger partial charge is 0.416 e. The highest BCUT2D eigenvalue weighted by molar-refractivity contribution is 6.31. The van der Waals surface area contributed by atoms with Crippen molar-refractivity contribution in [2.45, 2.75) is 18.6 Å². The summed E-state index contributed by atoms with van der Waals surface area (Å²) in [6.07, 6.45) is -4.70. The third kappa shape index (κ3) is 4.96. The molecule has 1 atom stereocenters. The third-order valence-corrected chi connectivity index (χ3v) is 7.41. The van der Waals surface area contributed by atoms with Gasteiger partial charge in [-0.25, -0.2) is 8.78 Å². The molecule has 1 unspecified atom stereocenters. The van der Waals surface area contributed by atoms with Gasteiger partial charge in [0.05, 0.1) is 18.0 Å². The van der Waals surface area contributed by atoms with Gasteiger partial charge < -0.3 is 16.0 Å². The van der Waals surface area contributed by atoms with Gasteiger partial charge in [-0.3, -0.25) is 14.4 Å². The van der Waals surface area contributed by atoms with Gasteiger partial charge in [-0.05, 0) is 71.3 Å². The van der Waals surface area contributed by atoms with Crippen molar-refractivity contribution in [3.8, 4) is 11.1 Å². The molecule has 2 heterocycles. The van der Waals surface area contributed by atoms with E-state index in [-0.39, 0.29) is 45.8 Å². The molecule has 12 heteroatoms. The summed E-state index contributed by atoms with van der Waals surface area (Å²) in [5.41, 5.74) is 0.798. The van der Waals surface area contributed by atoms with Crippen LogP contribution in [-0.4, -0.2) is 17.7 Å². The highest BCUT2D eigenvalue weighted by Gasteiger charge is 2.36. The summed E-state index contributed by atoms with van der Waals surface area (Å²) in [4.78, 5) is 38.3. The van der Waals surface area contributed by atoms with Crippen LogP contribution in [-0.2, 0) is 17.4 Å². The second-order valence-corrected chi connectivity index (χ2v) is 10.2. The van der Waals surface area contributed by atoms with Gasteiger partial charge in [0.25, 0.3) is 11.8 Å². The Morgan fingerprint density at radius 1 is 0.905 bits per heavy atom. The first-order chi connectivity index (χ1) is 19.9. The van der Waals surface area contributed by atoms with E-state index in [4.69, 9.17) is 11.6 Å². The number of benzene rings is 4. The zero-order valence-corrected chi connectivity index (χ0v) is 21.9. The fourth-order valence-corrected chi connectivity index (χ4v) is 5.37. The molecular weight excluding hydrogens is 581 g/mol. The Labute approximate surface area is 239 Å². The lowest BCUT2D eigenvalue weighted by Crippen LogP contribution is -2.21. The summed E-state index contributed by atoms with van der Waals surface area (Å²) in [7, 11) is 0. The molecule has 0 aliphatic carbocycles. The Kier molecular flexibility index (Phi) is 6.49. The number of amides is 3. The first-order valence-electron chi connectivity index (χ1n) is 12.4. The fraction of sp³-hybridized carbons (Fsp3) is 0.100. The number of anilines is 2. The van der Waals surface area contributed by atoms with Crippen molar-refractivity contribution < 1.29 is 36.3 Å². The van der Waals surface area contributed by atoms with E-state index in [0.29, 0.717) is 28.9 Å². The van der Waals surface area contributed by atoms with Crippen LogP contribution in [0.1, 0.15) is 49.0 Å². The number of halogens is 6. The summed E-state index contributed by atoms with van der Waals surface area (Å²) < 4.78 is 68.3. The average Bonchev–Trinajstić information content (AvgIpc) is 3.47. The maximum atomic E-state index is 14.2. The van der Waals surface area contributed by atoms with Crippen LogP contribution in [0.15, 0.2) is 66.7 Å². The van der Waals surface area contributed by atoms with Crippen LogP contribution >= 0.6 is 11.6 Å².